The molecular formula is C23H22N2O4S. The average molecular weight is 423 g/mol. The summed E-state index contributed by atoms with van der Waals surface area (Å²) >= 11 is 0. The second-order valence-corrected chi connectivity index (χ2v) is 9.48. The minimum atomic E-state index is -3.97. The number of anilines is 1. The normalized spacial score (nSPS) is 18.7. The molecule has 0 aromatic heterocycles. The fraction of sp³-hybridized carbons (Fsp3) is 0.217. The topological polar surface area (TPSA) is 80.5 Å². The van der Waals surface area contributed by atoms with Crippen molar-refractivity contribution in [3.63, 3.8) is 0 Å². The average Bonchev–Trinajstić information content (AvgIpc) is 2.74. The second kappa shape index (κ2) is 7.57. The van der Waals surface area contributed by atoms with Crippen LogP contribution in [0.1, 0.15) is 36.0 Å². The van der Waals surface area contributed by atoms with Crippen LogP contribution in [0.2, 0.25) is 0 Å². The maximum atomic E-state index is 13.6. The molecule has 0 unspecified atom stereocenters. The molecule has 0 amide bonds. The van der Waals surface area contributed by atoms with Crippen LogP contribution in [0, 0.1) is 17.0 Å². The number of hydrogen-bond donors (Lipinski definition) is 0. The summed E-state index contributed by atoms with van der Waals surface area (Å²) < 4.78 is 28.6. The summed E-state index contributed by atoms with van der Waals surface area (Å²) in [5.74, 6) is 0.0765. The van der Waals surface area contributed by atoms with Gasteiger partial charge in [-0.1, -0.05) is 54.1 Å². The smallest absolute Gasteiger partial charge is 0.263 e. The SMILES string of the molecule is Cc1ccc2c(c1)[C@@H](c1ccccc1)C[C@@H](C)N2S(=O)(=O)c1cccc([N+](=O)[O-])c1. The molecule has 6 nitrogen and oxygen atoms in total. The highest BCUT2D eigenvalue weighted by atomic mass is 32.2. The maximum absolute atomic E-state index is 13.6. The first kappa shape index (κ1) is 20.1. The van der Waals surface area contributed by atoms with Gasteiger partial charge in [0.05, 0.1) is 15.5 Å². The molecule has 0 fully saturated rings. The summed E-state index contributed by atoms with van der Waals surface area (Å²) in [5.41, 5.74) is 3.53. The summed E-state index contributed by atoms with van der Waals surface area (Å²) in [5, 5.41) is 11.2. The Labute approximate surface area is 176 Å². The van der Waals surface area contributed by atoms with Gasteiger partial charge in [-0.15, -0.1) is 0 Å². The molecule has 0 aliphatic carbocycles. The maximum Gasteiger partial charge on any atom is 0.270 e. The number of sulfonamides is 1. The monoisotopic (exact) mass is 422 g/mol. The number of nitro benzene ring substituents is 1. The molecule has 0 N–H and O–H groups in total. The highest BCUT2D eigenvalue weighted by Crippen LogP contribution is 2.44. The Morgan fingerprint density at radius 2 is 1.73 bits per heavy atom. The van der Waals surface area contributed by atoms with E-state index >= 15 is 0 Å². The number of nitro groups is 1. The standard InChI is InChI=1S/C23H22N2O4S/c1-16-11-12-23-22(13-16)21(18-7-4-3-5-8-18)14-17(2)24(23)30(28,29)20-10-6-9-19(15-20)25(26)27/h3-13,15,17,21H,14H2,1-2H3/t17-,21-/m1/s1. The van der Waals surface area contributed by atoms with E-state index in [1.807, 2.05) is 50.2 Å². The molecule has 0 spiro atoms. The van der Waals surface area contributed by atoms with Gasteiger partial charge in [-0.25, -0.2) is 8.42 Å². The van der Waals surface area contributed by atoms with E-state index in [1.54, 1.807) is 0 Å². The van der Waals surface area contributed by atoms with Crippen LogP contribution in [-0.2, 0) is 10.0 Å². The zero-order valence-electron chi connectivity index (χ0n) is 16.7. The number of rotatable bonds is 4. The van der Waals surface area contributed by atoms with Gasteiger partial charge in [0.15, 0.2) is 0 Å². The summed E-state index contributed by atoms with van der Waals surface area (Å²) in [4.78, 5) is 10.5. The van der Waals surface area contributed by atoms with Crippen LogP contribution >= 0.6 is 0 Å². The van der Waals surface area contributed by atoms with Gasteiger partial charge in [-0.3, -0.25) is 14.4 Å². The predicted octanol–water partition coefficient (Wildman–Crippen LogP) is 5.02. The lowest BCUT2D eigenvalue weighted by Crippen LogP contribution is -2.43. The molecule has 0 bridgehead atoms. The molecule has 1 heterocycles. The van der Waals surface area contributed by atoms with Crippen molar-refractivity contribution in [3.05, 3.63) is 99.6 Å². The molecular weight excluding hydrogens is 400 g/mol. The first-order chi connectivity index (χ1) is 14.3. The molecule has 7 heteroatoms. The minimum Gasteiger partial charge on any atom is -0.263 e. The number of benzene rings is 3. The van der Waals surface area contributed by atoms with Crippen molar-refractivity contribution in [3.8, 4) is 0 Å². The number of nitrogens with zero attached hydrogens (tertiary/aromatic N) is 2. The minimum absolute atomic E-state index is 0.0757. The molecule has 2 atom stereocenters. The zero-order valence-corrected chi connectivity index (χ0v) is 17.5. The fourth-order valence-electron chi connectivity index (χ4n) is 4.19. The Hall–Kier alpha value is -3.19. The van der Waals surface area contributed by atoms with Gasteiger partial charge in [-0.05, 0) is 43.5 Å². The van der Waals surface area contributed by atoms with Gasteiger partial charge in [0.2, 0.25) is 0 Å². The Balaban J connectivity index is 1.86. The van der Waals surface area contributed by atoms with Gasteiger partial charge in [-0.2, -0.15) is 0 Å². The molecule has 3 aromatic rings. The van der Waals surface area contributed by atoms with Gasteiger partial charge in [0.25, 0.3) is 15.7 Å². The Morgan fingerprint density at radius 1 is 1.00 bits per heavy atom. The summed E-state index contributed by atoms with van der Waals surface area (Å²) in [6.45, 7) is 3.87. The number of hydrogen-bond acceptors (Lipinski definition) is 4. The third-order valence-electron chi connectivity index (χ3n) is 5.56. The summed E-state index contributed by atoms with van der Waals surface area (Å²) in [7, 11) is -3.97. The van der Waals surface area contributed by atoms with E-state index in [9.17, 15) is 18.5 Å². The molecule has 3 aromatic carbocycles. The summed E-state index contributed by atoms with van der Waals surface area (Å²) in [6.07, 6.45) is 0.620. The van der Waals surface area contributed by atoms with Crippen molar-refractivity contribution < 1.29 is 13.3 Å². The van der Waals surface area contributed by atoms with Crippen molar-refractivity contribution in [2.24, 2.45) is 0 Å². The van der Waals surface area contributed by atoms with Crippen LogP contribution in [0.3, 0.4) is 0 Å². The largest absolute Gasteiger partial charge is 0.270 e. The molecule has 30 heavy (non-hydrogen) atoms. The van der Waals surface area contributed by atoms with Crippen LogP contribution in [0.25, 0.3) is 0 Å². The van der Waals surface area contributed by atoms with Gasteiger partial charge in [0.1, 0.15) is 0 Å². The lowest BCUT2D eigenvalue weighted by Gasteiger charge is -2.40. The van der Waals surface area contributed by atoms with E-state index in [-0.39, 0.29) is 22.5 Å². The highest BCUT2D eigenvalue weighted by Gasteiger charge is 2.38. The van der Waals surface area contributed by atoms with Crippen molar-refractivity contribution >= 4 is 21.4 Å². The zero-order chi connectivity index (χ0) is 21.5. The molecule has 1 aliphatic rings. The van der Waals surface area contributed by atoms with Crippen LogP contribution in [0.4, 0.5) is 11.4 Å². The second-order valence-electron chi connectivity index (χ2n) is 7.67. The van der Waals surface area contributed by atoms with Crippen molar-refractivity contribution in [2.45, 2.75) is 37.1 Å². The van der Waals surface area contributed by atoms with Gasteiger partial charge >= 0.3 is 0 Å². The number of aryl methyl sites for hydroxylation is 1. The van der Waals surface area contributed by atoms with E-state index < -0.39 is 14.9 Å². The third kappa shape index (κ3) is 3.45. The Bertz CT molecular complexity index is 1210. The van der Waals surface area contributed by atoms with E-state index in [4.69, 9.17) is 0 Å². The molecule has 0 saturated heterocycles. The lowest BCUT2D eigenvalue weighted by atomic mass is 9.82. The van der Waals surface area contributed by atoms with Crippen molar-refractivity contribution in [1.82, 2.24) is 0 Å². The Morgan fingerprint density at radius 3 is 2.43 bits per heavy atom. The van der Waals surface area contributed by atoms with Crippen LogP contribution < -0.4 is 4.31 Å². The van der Waals surface area contributed by atoms with Crippen molar-refractivity contribution in [2.75, 3.05) is 4.31 Å². The fourth-order valence-corrected chi connectivity index (χ4v) is 5.93. The molecule has 0 saturated carbocycles. The van der Waals surface area contributed by atoms with E-state index in [1.165, 1.54) is 22.5 Å². The van der Waals surface area contributed by atoms with Crippen LogP contribution in [0.15, 0.2) is 77.7 Å². The number of non-ortho nitro benzene ring substituents is 1. The third-order valence-corrected chi connectivity index (χ3v) is 7.48. The van der Waals surface area contributed by atoms with Crippen LogP contribution in [-0.4, -0.2) is 19.4 Å². The molecule has 1 aliphatic heterocycles. The van der Waals surface area contributed by atoms with Gasteiger partial charge < -0.3 is 0 Å². The van der Waals surface area contributed by atoms with Crippen LogP contribution in [0.5, 0.6) is 0 Å². The summed E-state index contributed by atoms with van der Waals surface area (Å²) in [6, 6.07) is 20.8. The highest BCUT2D eigenvalue weighted by molar-refractivity contribution is 7.92. The van der Waals surface area contributed by atoms with Gasteiger partial charge in [0, 0.05) is 24.1 Å². The predicted molar refractivity (Wildman–Crippen MR) is 116 cm³/mol. The molecule has 154 valence electrons. The van der Waals surface area contributed by atoms with E-state index in [0.29, 0.717) is 12.1 Å². The van der Waals surface area contributed by atoms with E-state index in [2.05, 4.69) is 12.1 Å². The first-order valence-corrected chi connectivity index (χ1v) is 11.2. The lowest BCUT2D eigenvalue weighted by molar-refractivity contribution is -0.385. The van der Waals surface area contributed by atoms with E-state index in [0.717, 1.165) is 22.8 Å². The quantitative estimate of drug-likeness (QED) is 0.437. The first-order valence-electron chi connectivity index (χ1n) is 9.73. The molecule has 4 rings (SSSR count). The van der Waals surface area contributed by atoms with Crippen molar-refractivity contribution in [1.29, 1.82) is 0 Å². The number of fused-ring (bicyclic) bond motifs is 1. The Kier molecular flexibility index (Phi) is 5.07. The molecule has 0 radical (unpaired) electrons.